The Morgan fingerprint density at radius 1 is 1.58 bits per heavy atom. The number of hydrogen-bond acceptors (Lipinski definition) is 3. The van der Waals surface area contributed by atoms with Crippen molar-refractivity contribution in [2.75, 3.05) is 6.61 Å². The Kier molecular flexibility index (Phi) is 6.38. The maximum atomic E-state index is 10.8. The minimum Gasteiger partial charge on any atom is -0.298 e. The smallest absolute Gasteiger partial charge is 0.298 e. The molecule has 0 rings (SSSR count). The van der Waals surface area contributed by atoms with E-state index in [0.29, 0.717) is 25.4 Å². The lowest BCUT2D eigenvalue weighted by molar-refractivity contribution is -0.276. The zero-order valence-corrected chi connectivity index (χ0v) is 7.71. The van der Waals surface area contributed by atoms with Crippen LogP contribution in [0.5, 0.6) is 0 Å². The molecule has 0 saturated heterocycles. The summed E-state index contributed by atoms with van der Waals surface area (Å²) < 4.78 is 0. The zero-order chi connectivity index (χ0) is 9.40. The molecule has 0 spiro atoms. The Bertz CT molecular complexity index is 141. The van der Waals surface area contributed by atoms with Crippen molar-refractivity contribution in [1.82, 2.24) is 0 Å². The van der Waals surface area contributed by atoms with Crippen molar-refractivity contribution in [1.29, 1.82) is 0 Å². The van der Waals surface area contributed by atoms with E-state index in [4.69, 9.17) is 0 Å². The predicted octanol–water partition coefficient (Wildman–Crippen LogP) is 2.08. The van der Waals surface area contributed by atoms with Gasteiger partial charge in [0.2, 0.25) is 0 Å². The topological polar surface area (TPSA) is 35.5 Å². The Morgan fingerprint density at radius 3 is 2.75 bits per heavy atom. The maximum absolute atomic E-state index is 10.8. The number of allylic oxidation sites excluding steroid dienone is 1. The summed E-state index contributed by atoms with van der Waals surface area (Å²) in [6.45, 7) is 7.90. The molecule has 3 heteroatoms. The van der Waals surface area contributed by atoms with Crippen molar-refractivity contribution >= 4 is 5.97 Å². The highest BCUT2D eigenvalue weighted by molar-refractivity contribution is 5.68. The molecule has 0 amide bonds. The highest BCUT2D eigenvalue weighted by Gasteiger charge is 2.02. The molecular weight excluding hydrogens is 156 g/mol. The summed E-state index contributed by atoms with van der Waals surface area (Å²) in [6, 6.07) is 0. The van der Waals surface area contributed by atoms with Crippen molar-refractivity contribution in [2.24, 2.45) is 5.92 Å². The molecule has 3 nitrogen and oxygen atoms in total. The largest absolute Gasteiger partial charge is 0.342 e. The lowest BCUT2D eigenvalue weighted by Gasteiger charge is -2.04. The monoisotopic (exact) mass is 172 g/mol. The van der Waals surface area contributed by atoms with Gasteiger partial charge in [0, 0.05) is 0 Å². The Balaban J connectivity index is 3.25. The fraction of sp³-hybridized carbons (Fsp3) is 0.667. The van der Waals surface area contributed by atoms with Crippen LogP contribution in [0.1, 0.15) is 26.7 Å². The van der Waals surface area contributed by atoms with Crippen LogP contribution in [-0.4, -0.2) is 12.6 Å². The van der Waals surface area contributed by atoms with E-state index in [0.717, 1.165) is 0 Å². The normalized spacial score (nSPS) is 9.92. The lowest BCUT2D eigenvalue weighted by Crippen LogP contribution is -2.08. The van der Waals surface area contributed by atoms with Crippen LogP contribution in [0.2, 0.25) is 0 Å². The minimum absolute atomic E-state index is 0.335. The number of hydrogen-bond donors (Lipinski definition) is 0. The van der Waals surface area contributed by atoms with Gasteiger partial charge in [0.15, 0.2) is 0 Å². The lowest BCUT2D eigenvalue weighted by atomic mass is 10.2. The van der Waals surface area contributed by atoms with Gasteiger partial charge in [-0.1, -0.05) is 19.9 Å². The molecule has 0 atom stereocenters. The van der Waals surface area contributed by atoms with Gasteiger partial charge in [-0.2, -0.15) is 4.89 Å². The Labute approximate surface area is 73.3 Å². The van der Waals surface area contributed by atoms with E-state index in [9.17, 15) is 4.79 Å². The Morgan fingerprint density at radius 2 is 2.25 bits per heavy atom. The summed E-state index contributed by atoms with van der Waals surface area (Å²) in [5.74, 6) is 0.0350. The van der Waals surface area contributed by atoms with Crippen molar-refractivity contribution in [3.05, 3.63) is 12.7 Å². The third-order valence-corrected chi connectivity index (χ3v) is 1.11. The van der Waals surface area contributed by atoms with Crippen LogP contribution in [0.15, 0.2) is 12.7 Å². The molecule has 0 aliphatic heterocycles. The minimum atomic E-state index is -0.337. The van der Waals surface area contributed by atoms with Crippen LogP contribution in [0, 0.1) is 5.92 Å². The molecule has 12 heavy (non-hydrogen) atoms. The molecular formula is C9H16O3. The molecule has 70 valence electrons. The first-order valence-corrected chi connectivity index (χ1v) is 4.10. The van der Waals surface area contributed by atoms with E-state index in [2.05, 4.69) is 16.4 Å². The van der Waals surface area contributed by atoms with E-state index < -0.39 is 0 Å². The second kappa shape index (κ2) is 6.85. The first kappa shape index (κ1) is 11.2. The summed E-state index contributed by atoms with van der Waals surface area (Å²) in [5.41, 5.74) is 0. The molecule has 0 aromatic heterocycles. The van der Waals surface area contributed by atoms with Crippen molar-refractivity contribution < 1.29 is 14.6 Å². The molecule has 0 radical (unpaired) electrons. The number of rotatable bonds is 6. The van der Waals surface area contributed by atoms with Crippen LogP contribution in [0.25, 0.3) is 0 Å². The third-order valence-electron chi connectivity index (χ3n) is 1.11. The third kappa shape index (κ3) is 7.28. The van der Waals surface area contributed by atoms with Gasteiger partial charge < -0.3 is 0 Å². The van der Waals surface area contributed by atoms with Crippen LogP contribution >= 0.6 is 0 Å². The van der Waals surface area contributed by atoms with Gasteiger partial charge in [-0.25, -0.2) is 4.79 Å². The quantitative estimate of drug-likeness (QED) is 0.349. The number of carbonyl (C=O) groups is 1. The molecule has 0 saturated carbocycles. The highest BCUT2D eigenvalue weighted by atomic mass is 17.2. The van der Waals surface area contributed by atoms with E-state index in [1.54, 1.807) is 6.08 Å². The second-order valence-corrected chi connectivity index (χ2v) is 2.96. The van der Waals surface area contributed by atoms with Crippen LogP contribution in [-0.2, 0) is 14.6 Å². The fourth-order valence-electron chi connectivity index (χ4n) is 0.497. The molecule has 0 bridgehead atoms. The van der Waals surface area contributed by atoms with Crippen molar-refractivity contribution in [3.8, 4) is 0 Å². The zero-order valence-electron chi connectivity index (χ0n) is 7.71. The molecule has 0 aromatic rings. The maximum Gasteiger partial charge on any atom is 0.342 e. The second-order valence-electron chi connectivity index (χ2n) is 2.96. The van der Waals surface area contributed by atoms with Crippen molar-refractivity contribution in [2.45, 2.75) is 26.7 Å². The van der Waals surface area contributed by atoms with E-state index in [-0.39, 0.29) is 5.97 Å². The first-order valence-electron chi connectivity index (χ1n) is 4.10. The van der Waals surface area contributed by atoms with Gasteiger partial charge >= 0.3 is 5.97 Å². The summed E-state index contributed by atoms with van der Waals surface area (Å²) in [6.07, 6.45) is 2.63. The average molecular weight is 172 g/mol. The van der Waals surface area contributed by atoms with Gasteiger partial charge in [-0.05, 0) is 12.3 Å². The molecule has 0 unspecified atom stereocenters. The van der Waals surface area contributed by atoms with Gasteiger partial charge in [0.1, 0.15) is 0 Å². The summed E-state index contributed by atoms with van der Waals surface area (Å²) in [5, 5.41) is 0. The Hall–Kier alpha value is -0.830. The fourth-order valence-corrected chi connectivity index (χ4v) is 0.497. The van der Waals surface area contributed by atoms with Gasteiger partial charge in [-0.15, -0.1) is 6.58 Å². The van der Waals surface area contributed by atoms with Crippen molar-refractivity contribution in [3.63, 3.8) is 0 Å². The summed E-state index contributed by atoms with van der Waals surface area (Å²) in [4.78, 5) is 19.9. The summed E-state index contributed by atoms with van der Waals surface area (Å²) in [7, 11) is 0. The molecule has 0 heterocycles. The molecule has 0 aliphatic rings. The average Bonchev–Trinajstić information content (AvgIpc) is 2.00. The van der Waals surface area contributed by atoms with Gasteiger partial charge in [-0.3, -0.25) is 4.89 Å². The van der Waals surface area contributed by atoms with Crippen LogP contribution in [0.4, 0.5) is 0 Å². The van der Waals surface area contributed by atoms with Gasteiger partial charge in [0.05, 0.1) is 13.0 Å². The molecule has 0 aromatic carbocycles. The van der Waals surface area contributed by atoms with E-state index in [1.807, 2.05) is 13.8 Å². The van der Waals surface area contributed by atoms with E-state index >= 15 is 0 Å². The van der Waals surface area contributed by atoms with Crippen LogP contribution in [0.3, 0.4) is 0 Å². The summed E-state index contributed by atoms with van der Waals surface area (Å²) >= 11 is 0. The van der Waals surface area contributed by atoms with E-state index in [1.165, 1.54) is 0 Å². The number of carbonyl (C=O) groups excluding carboxylic acids is 1. The van der Waals surface area contributed by atoms with Crippen LogP contribution < -0.4 is 0 Å². The van der Waals surface area contributed by atoms with Gasteiger partial charge in [0.25, 0.3) is 0 Å². The highest BCUT2D eigenvalue weighted by Crippen LogP contribution is 1.97. The first-order chi connectivity index (χ1) is 5.66. The molecule has 0 aliphatic carbocycles. The molecule has 0 N–H and O–H groups in total. The molecule has 0 fully saturated rings. The standard InChI is InChI=1S/C9H16O3/c1-4-5-6-9(10)12-11-7-8(2)3/h4,8H,1,5-7H2,2-3H3. The SMILES string of the molecule is C=CCCC(=O)OOCC(C)C. The predicted molar refractivity (Wildman–Crippen MR) is 46.3 cm³/mol.